The maximum atomic E-state index is 13.3. The average Bonchev–Trinajstić information content (AvgIpc) is 3.12. The fraction of sp³-hybridized carbons (Fsp3) is 0.619. The summed E-state index contributed by atoms with van der Waals surface area (Å²) in [5.74, 6) is 1.22. The summed E-state index contributed by atoms with van der Waals surface area (Å²) in [6.07, 6.45) is 2.31. The molecule has 5 fully saturated rings. The first kappa shape index (κ1) is 17.9. The van der Waals surface area contributed by atoms with Crippen molar-refractivity contribution in [1.82, 2.24) is 20.0 Å². The average molecular weight is 384 g/mol. The van der Waals surface area contributed by atoms with Crippen molar-refractivity contribution in [2.24, 2.45) is 5.92 Å². The minimum atomic E-state index is -0.00109. The Bertz CT molecular complexity index is 777. The number of piperidine rings is 3. The molecule has 1 aromatic rings. The molecule has 0 aliphatic carbocycles. The van der Waals surface area contributed by atoms with Crippen molar-refractivity contribution in [1.29, 1.82) is 0 Å². The Morgan fingerprint density at radius 2 is 2.00 bits per heavy atom. The Balaban J connectivity index is 1.40. The lowest BCUT2D eigenvalue weighted by atomic mass is 9.75. The number of likely N-dealkylation sites (tertiary alicyclic amines) is 1. The highest BCUT2D eigenvalue weighted by Gasteiger charge is 2.54. The molecule has 7 heteroatoms. The zero-order valence-electron chi connectivity index (χ0n) is 16.1. The van der Waals surface area contributed by atoms with Gasteiger partial charge in [-0.05, 0) is 49.5 Å². The smallest absolute Gasteiger partial charge is 0.237 e. The molecule has 28 heavy (non-hydrogen) atoms. The molecule has 7 nitrogen and oxygen atoms in total. The topological polar surface area (TPSA) is 76.1 Å². The number of phenolic OH excluding ortho intramolecular Hbond substituents is 1. The van der Waals surface area contributed by atoms with E-state index in [4.69, 9.17) is 0 Å². The summed E-state index contributed by atoms with van der Waals surface area (Å²) in [6, 6.07) is 8.12. The maximum absolute atomic E-state index is 13.3. The third-order valence-electron chi connectivity index (χ3n) is 7.09. The summed E-state index contributed by atoms with van der Waals surface area (Å²) in [7, 11) is 0. The molecule has 5 saturated heterocycles. The summed E-state index contributed by atoms with van der Waals surface area (Å²) >= 11 is 0. The number of nitrogens with one attached hydrogen (secondary N) is 1. The van der Waals surface area contributed by atoms with Gasteiger partial charge in [0, 0.05) is 31.6 Å². The van der Waals surface area contributed by atoms with Crippen LogP contribution in [0.15, 0.2) is 24.3 Å². The molecule has 3 atom stereocenters. The number of rotatable bonds is 3. The van der Waals surface area contributed by atoms with Crippen LogP contribution in [0.2, 0.25) is 0 Å². The van der Waals surface area contributed by atoms with Crippen LogP contribution in [0.4, 0.5) is 0 Å². The van der Waals surface area contributed by atoms with Gasteiger partial charge in [0.15, 0.2) is 0 Å². The van der Waals surface area contributed by atoms with Crippen molar-refractivity contribution in [2.45, 2.75) is 30.8 Å². The van der Waals surface area contributed by atoms with Crippen molar-refractivity contribution in [3.8, 4) is 5.75 Å². The molecule has 2 N–H and O–H groups in total. The normalized spacial score (nSPS) is 34.9. The van der Waals surface area contributed by atoms with Gasteiger partial charge in [0.2, 0.25) is 11.8 Å². The van der Waals surface area contributed by atoms with E-state index in [1.807, 2.05) is 17.0 Å². The molecule has 0 spiro atoms. The van der Waals surface area contributed by atoms with Crippen molar-refractivity contribution in [2.75, 3.05) is 45.8 Å². The summed E-state index contributed by atoms with van der Waals surface area (Å²) in [5, 5.41) is 12.8. The molecule has 5 aliphatic heterocycles. The minimum absolute atomic E-state index is 0.00109. The number of aromatic hydroxyl groups is 1. The predicted octanol–water partition coefficient (Wildman–Crippen LogP) is 0.213. The minimum Gasteiger partial charge on any atom is -0.508 e. The van der Waals surface area contributed by atoms with Crippen LogP contribution < -0.4 is 5.32 Å². The van der Waals surface area contributed by atoms with Gasteiger partial charge in [-0.15, -0.1) is 0 Å². The highest BCUT2D eigenvalue weighted by molar-refractivity contribution is 5.82. The highest BCUT2D eigenvalue weighted by atomic mass is 16.3. The molecular weight excluding hydrogens is 356 g/mol. The van der Waals surface area contributed by atoms with Crippen LogP contribution in [0.1, 0.15) is 24.3 Å². The number of piperazine rings is 1. The fourth-order valence-electron chi connectivity index (χ4n) is 5.86. The van der Waals surface area contributed by atoms with Crippen LogP contribution in [-0.2, 0) is 9.59 Å². The van der Waals surface area contributed by atoms with Gasteiger partial charge in [0.05, 0.1) is 19.1 Å². The first-order chi connectivity index (χ1) is 13.6. The van der Waals surface area contributed by atoms with Crippen LogP contribution in [0.25, 0.3) is 0 Å². The van der Waals surface area contributed by atoms with E-state index in [1.54, 1.807) is 6.07 Å². The standard InChI is InChI=1S/C21H28N4O3/c26-16-3-1-2-15(10-16)17-11-25(19(28)13-23-9-6-22-18(27)12-23)20-14-4-7-24(8-5-14)21(17)20/h1-3,10,14,17,20-21,26H,4-9,11-13H2,(H,22,27)/t17-,20+,21+/m0/s1. The van der Waals surface area contributed by atoms with E-state index in [-0.39, 0.29) is 29.5 Å². The molecule has 6 rings (SSSR count). The maximum Gasteiger partial charge on any atom is 0.237 e. The fourth-order valence-corrected chi connectivity index (χ4v) is 5.86. The summed E-state index contributed by atoms with van der Waals surface area (Å²) < 4.78 is 0. The van der Waals surface area contributed by atoms with Crippen LogP contribution in [0.3, 0.4) is 0 Å². The lowest BCUT2D eigenvalue weighted by Gasteiger charge is -2.51. The van der Waals surface area contributed by atoms with E-state index in [0.717, 1.165) is 38.0 Å². The lowest BCUT2D eigenvalue weighted by molar-refractivity contribution is -0.138. The van der Waals surface area contributed by atoms with Crippen molar-refractivity contribution in [3.63, 3.8) is 0 Å². The first-order valence-electron chi connectivity index (χ1n) is 10.4. The Morgan fingerprint density at radius 3 is 2.75 bits per heavy atom. The van der Waals surface area contributed by atoms with E-state index in [1.165, 1.54) is 0 Å². The number of carbonyl (C=O) groups excluding carboxylic acids is 2. The molecule has 0 radical (unpaired) electrons. The molecule has 2 amide bonds. The molecular formula is C21H28N4O3. The second kappa shape index (κ2) is 7.04. The van der Waals surface area contributed by atoms with Crippen LogP contribution in [0.5, 0.6) is 5.75 Å². The third kappa shape index (κ3) is 3.06. The van der Waals surface area contributed by atoms with Gasteiger partial charge in [-0.25, -0.2) is 0 Å². The number of nitrogens with zero attached hydrogens (tertiary/aromatic N) is 3. The van der Waals surface area contributed by atoms with Gasteiger partial charge < -0.3 is 15.3 Å². The largest absolute Gasteiger partial charge is 0.508 e. The predicted molar refractivity (Wildman–Crippen MR) is 104 cm³/mol. The molecule has 1 aromatic carbocycles. The van der Waals surface area contributed by atoms with Crippen LogP contribution >= 0.6 is 0 Å². The Labute approximate surface area is 165 Å². The number of hydrogen-bond acceptors (Lipinski definition) is 5. The zero-order chi connectivity index (χ0) is 19.3. The summed E-state index contributed by atoms with van der Waals surface area (Å²) in [6.45, 7) is 4.87. The molecule has 2 bridgehead atoms. The Kier molecular flexibility index (Phi) is 4.51. The SMILES string of the molecule is O=C1CN(CC(=O)N2C[C@@H](c3cccc(O)c3)[C@@H]3[C@H]2C2CCN3CC2)CCN1. The lowest BCUT2D eigenvalue weighted by Crippen LogP contribution is -2.61. The second-order valence-electron chi connectivity index (χ2n) is 8.66. The molecule has 0 aromatic heterocycles. The summed E-state index contributed by atoms with van der Waals surface area (Å²) in [4.78, 5) is 31.6. The van der Waals surface area contributed by atoms with E-state index in [2.05, 4.69) is 21.2 Å². The Hall–Kier alpha value is -2.12. The molecule has 0 saturated carbocycles. The van der Waals surface area contributed by atoms with Gasteiger partial charge in [0.25, 0.3) is 0 Å². The summed E-state index contributed by atoms with van der Waals surface area (Å²) in [5.41, 5.74) is 1.12. The van der Waals surface area contributed by atoms with E-state index in [9.17, 15) is 14.7 Å². The molecule has 150 valence electrons. The number of fused-ring (bicyclic) bond motifs is 2. The second-order valence-corrected chi connectivity index (χ2v) is 8.66. The highest BCUT2D eigenvalue weighted by Crippen LogP contribution is 2.46. The molecule has 5 aliphatic rings. The number of benzene rings is 1. The number of carbonyl (C=O) groups is 2. The van der Waals surface area contributed by atoms with Gasteiger partial charge in [-0.2, -0.15) is 0 Å². The van der Waals surface area contributed by atoms with Crippen molar-refractivity contribution >= 4 is 11.8 Å². The van der Waals surface area contributed by atoms with E-state index >= 15 is 0 Å². The number of phenols is 1. The number of hydrogen-bond donors (Lipinski definition) is 2. The van der Waals surface area contributed by atoms with Gasteiger partial charge >= 0.3 is 0 Å². The third-order valence-corrected chi connectivity index (χ3v) is 7.09. The molecule has 0 unspecified atom stereocenters. The van der Waals surface area contributed by atoms with Crippen molar-refractivity contribution in [3.05, 3.63) is 29.8 Å². The van der Waals surface area contributed by atoms with Gasteiger partial charge in [-0.1, -0.05) is 12.1 Å². The van der Waals surface area contributed by atoms with E-state index in [0.29, 0.717) is 38.1 Å². The monoisotopic (exact) mass is 384 g/mol. The Morgan fingerprint density at radius 1 is 1.18 bits per heavy atom. The van der Waals surface area contributed by atoms with Crippen LogP contribution in [-0.4, -0.2) is 89.5 Å². The quantitative estimate of drug-likeness (QED) is 0.779. The zero-order valence-corrected chi connectivity index (χ0v) is 16.1. The van der Waals surface area contributed by atoms with Gasteiger partial charge in [-0.3, -0.25) is 19.4 Å². The van der Waals surface area contributed by atoms with Crippen molar-refractivity contribution < 1.29 is 14.7 Å². The molecule has 5 heterocycles. The first-order valence-corrected chi connectivity index (χ1v) is 10.4. The number of amides is 2. The van der Waals surface area contributed by atoms with Crippen LogP contribution in [0, 0.1) is 5.92 Å². The van der Waals surface area contributed by atoms with E-state index < -0.39 is 0 Å². The van der Waals surface area contributed by atoms with Gasteiger partial charge in [0.1, 0.15) is 5.75 Å².